The van der Waals surface area contributed by atoms with Crippen LogP contribution in [0.4, 0.5) is 5.69 Å². The molecule has 2 rings (SSSR count). The molecule has 0 aliphatic rings. The Kier molecular flexibility index (Phi) is 8.00. The zero-order valence-corrected chi connectivity index (χ0v) is 17.8. The van der Waals surface area contributed by atoms with Crippen LogP contribution in [0.25, 0.3) is 0 Å². The first-order valence-corrected chi connectivity index (χ1v) is 11.0. The van der Waals surface area contributed by atoms with Crippen LogP contribution in [0.2, 0.25) is 5.02 Å². The molecule has 0 saturated heterocycles. The molecule has 0 radical (unpaired) electrons. The summed E-state index contributed by atoms with van der Waals surface area (Å²) in [5.74, 6) is -0.185. The zero-order chi connectivity index (χ0) is 20.7. The quantitative estimate of drug-likeness (QED) is 0.645. The number of halogens is 1. The minimum atomic E-state index is -3.47. The van der Waals surface area contributed by atoms with Crippen LogP contribution in [-0.4, -0.2) is 38.3 Å². The predicted octanol–water partition coefficient (Wildman–Crippen LogP) is 3.66. The second kappa shape index (κ2) is 10.0. The van der Waals surface area contributed by atoms with Gasteiger partial charge < -0.3 is 10.6 Å². The standard InChI is InChI=1S/C20H26ClN3O3S/c1-4-24(5-2)28(26,27)19-11-9-16(10-12-19)15(3)22-14-20(25)23-18-8-6-7-17(21)13-18/h6-13,15,22H,4-5,14H2,1-3H3,(H,23,25)/t15-/m0/s1. The van der Waals surface area contributed by atoms with E-state index < -0.39 is 10.0 Å². The first-order valence-electron chi connectivity index (χ1n) is 9.16. The van der Waals surface area contributed by atoms with E-state index in [0.717, 1.165) is 5.56 Å². The van der Waals surface area contributed by atoms with Crippen LogP contribution < -0.4 is 10.6 Å². The van der Waals surface area contributed by atoms with E-state index in [1.54, 1.807) is 48.5 Å². The Labute approximate surface area is 171 Å². The van der Waals surface area contributed by atoms with Gasteiger partial charge in [-0.05, 0) is 42.8 Å². The van der Waals surface area contributed by atoms with Crippen LogP contribution in [0.3, 0.4) is 0 Å². The highest BCUT2D eigenvalue weighted by molar-refractivity contribution is 7.89. The maximum atomic E-state index is 12.5. The van der Waals surface area contributed by atoms with Crippen molar-refractivity contribution in [2.45, 2.75) is 31.7 Å². The Balaban J connectivity index is 1.95. The molecule has 0 bridgehead atoms. The number of nitrogens with zero attached hydrogens (tertiary/aromatic N) is 1. The smallest absolute Gasteiger partial charge is 0.243 e. The van der Waals surface area contributed by atoms with Crippen molar-refractivity contribution in [2.75, 3.05) is 25.0 Å². The maximum absolute atomic E-state index is 12.5. The molecule has 2 N–H and O–H groups in total. The Bertz CT molecular complexity index is 897. The number of anilines is 1. The number of amides is 1. The third-order valence-electron chi connectivity index (χ3n) is 4.40. The van der Waals surface area contributed by atoms with Crippen molar-refractivity contribution in [2.24, 2.45) is 0 Å². The van der Waals surface area contributed by atoms with E-state index in [2.05, 4.69) is 10.6 Å². The first kappa shape index (κ1) is 22.4. The van der Waals surface area contributed by atoms with E-state index in [1.807, 2.05) is 20.8 Å². The minimum Gasteiger partial charge on any atom is -0.325 e. The summed E-state index contributed by atoms with van der Waals surface area (Å²) < 4.78 is 26.5. The molecule has 2 aromatic carbocycles. The first-order chi connectivity index (χ1) is 13.3. The summed E-state index contributed by atoms with van der Waals surface area (Å²) in [5.41, 5.74) is 1.53. The third kappa shape index (κ3) is 5.78. The molecule has 0 saturated carbocycles. The lowest BCUT2D eigenvalue weighted by Crippen LogP contribution is -2.31. The summed E-state index contributed by atoms with van der Waals surface area (Å²) in [6.07, 6.45) is 0. The number of rotatable bonds is 9. The zero-order valence-electron chi connectivity index (χ0n) is 16.3. The lowest BCUT2D eigenvalue weighted by molar-refractivity contribution is -0.115. The van der Waals surface area contributed by atoms with Gasteiger partial charge in [0.25, 0.3) is 0 Å². The second-order valence-corrected chi connectivity index (χ2v) is 8.69. The van der Waals surface area contributed by atoms with Crippen LogP contribution in [-0.2, 0) is 14.8 Å². The molecule has 28 heavy (non-hydrogen) atoms. The summed E-state index contributed by atoms with van der Waals surface area (Å²) in [6, 6.07) is 13.6. The summed E-state index contributed by atoms with van der Waals surface area (Å²) in [7, 11) is -3.47. The topological polar surface area (TPSA) is 78.5 Å². The van der Waals surface area contributed by atoms with Crippen LogP contribution in [0.15, 0.2) is 53.4 Å². The monoisotopic (exact) mass is 423 g/mol. The van der Waals surface area contributed by atoms with E-state index in [0.29, 0.717) is 23.8 Å². The van der Waals surface area contributed by atoms with Crippen molar-refractivity contribution in [1.82, 2.24) is 9.62 Å². The van der Waals surface area contributed by atoms with Gasteiger partial charge in [0.1, 0.15) is 0 Å². The van der Waals surface area contributed by atoms with Crippen LogP contribution in [0.5, 0.6) is 0 Å². The van der Waals surface area contributed by atoms with Crippen molar-refractivity contribution in [3.05, 3.63) is 59.1 Å². The van der Waals surface area contributed by atoms with Crippen molar-refractivity contribution in [1.29, 1.82) is 0 Å². The number of carbonyl (C=O) groups excluding carboxylic acids is 1. The van der Waals surface area contributed by atoms with Crippen LogP contribution in [0, 0.1) is 0 Å². The van der Waals surface area contributed by atoms with Gasteiger partial charge in [0, 0.05) is 29.8 Å². The molecular weight excluding hydrogens is 398 g/mol. The fourth-order valence-corrected chi connectivity index (χ4v) is 4.42. The SMILES string of the molecule is CCN(CC)S(=O)(=O)c1ccc([C@H](C)NCC(=O)Nc2cccc(Cl)c2)cc1. The second-order valence-electron chi connectivity index (χ2n) is 6.32. The Morgan fingerprint density at radius 3 is 2.32 bits per heavy atom. The molecule has 0 aliphatic heterocycles. The number of sulfonamides is 1. The molecule has 152 valence electrons. The van der Waals surface area contributed by atoms with E-state index >= 15 is 0 Å². The van der Waals surface area contributed by atoms with E-state index in [1.165, 1.54) is 4.31 Å². The average Bonchev–Trinajstić information content (AvgIpc) is 2.67. The molecular formula is C20H26ClN3O3S. The van der Waals surface area contributed by atoms with Gasteiger partial charge >= 0.3 is 0 Å². The van der Waals surface area contributed by atoms with Crippen molar-refractivity contribution < 1.29 is 13.2 Å². The maximum Gasteiger partial charge on any atom is 0.243 e. The van der Waals surface area contributed by atoms with Gasteiger partial charge in [0.05, 0.1) is 11.4 Å². The summed E-state index contributed by atoms with van der Waals surface area (Å²) in [5, 5.41) is 6.46. The molecule has 0 heterocycles. The molecule has 0 unspecified atom stereocenters. The minimum absolute atomic E-state index is 0.115. The molecule has 6 nitrogen and oxygen atoms in total. The van der Waals surface area contributed by atoms with E-state index in [4.69, 9.17) is 11.6 Å². The molecule has 1 amide bonds. The van der Waals surface area contributed by atoms with Crippen LogP contribution in [0.1, 0.15) is 32.4 Å². The summed E-state index contributed by atoms with van der Waals surface area (Å²) in [4.78, 5) is 12.4. The number of hydrogen-bond acceptors (Lipinski definition) is 4. The summed E-state index contributed by atoms with van der Waals surface area (Å²) in [6.45, 7) is 6.53. The molecule has 2 aromatic rings. The van der Waals surface area contributed by atoms with Gasteiger partial charge in [-0.3, -0.25) is 4.79 Å². The highest BCUT2D eigenvalue weighted by Crippen LogP contribution is 2.19. The predicted molar refractivity (Wildman–Crippen MR) is 113 cm³/mol. The molecule has 0 fully saturated rings. The largest absolute Gasteiger partial charge is 0.325 e. The van der Waals surface area contributed by atoms with Gasteiger partial charge in [-0.2, -0.15) is 4.31 Å². The third-order valence-corrected chi connectivity index (χ3v) is 6.70. The van der Waals surface area contributed by atoms with Gasteiger partial charge in [0.2, 0.25) is 15.9 Å². The van der Waals surface area contributed by atoms with Crippen molar-refractivity contribution in [3.63, 3.8) is 0 Å². The molecule has 0 aromatic heterocycles. The molecule has 8 heteroatoms. The number of hydrogen-bond donors (Lipinski definition) is 2. The summed E-state index contributed by atoms with van der Waals surface area (Å²) >= 11 is 5.91. The number of nitrogens with one attached hydrogen (secondary N) is 2. The lowest BCUT2D eigenvalue weighted by Gasteiger charge is -2.19. The number of benzene rings is 2. The van der Waals surface area contributed by atoms with E-state index in [-0.39, 0.29) is 23.4 Å². The highest BCUT2D eigenvalue weighted by atomic mass is 35.5. The molecule has 1 atom stereocenters. The Hall–Kier alpha value is -1.93. The van der Waals surface area contributed by atoms with Crippen molar-refractivity contribution in [3.8, 4) is 0 Å². The fourth-order valence-electron chi connectivity index (χ4n) is 2.78. The number of carbonyl (C=O) groups is 1. The Morgan fingerprint density at radius 1 is 1.11 bits per heavy atom. The van der Waals surface area contributed by atoms with Crippen molar-refractivity contribution >= 4 is 33.2 Å². The normalized spacial score (nSPS) is 12.8. The highest BCUT2D eigenvalue weighted by Gasteiger charge is 2.21. The van der Waals surface area contributed by atoms with Gasteiger partial charge in [0.15, 0.2) is 0 Å². The van der Waals surface area contributed by atoms with Gasteiger partial charge in [-0.25, -0.2) is 8.42 Å². The van der Waals surface area contributed by atoms with Gasteiger partial charge in [-0.1, -0.05) is 43.6 Å². The van der Waals surface area contributed by atoms with E-state index in [9.17, 15) is 13.2 Å². The molecule has 0 aliphatic carbocycles. The average molecular weight is 424 g/mol. The van der Waals surface area contributed by atoms with Gasteiger partial charge in [-0.15, -0.1) is 0 Å². The lowest BCUT2D eigenvalue weighted by atomic mass is 10.1. The van der Waals surface area contributed by atoms with Crippen LogP contribution >= 0.6 is 11.6 Å². The Morgan fingerprint density at radius 2 is 1.75 bits per heavy atom. The molecule has 0 spiro atoms. The fraction of sp³-hybridized carbons (Fsp3) is 0.350.